The third-order valence-electron chi connectivity index (χ3n) is 2.89. The number of benzene rings is 1. The van der Waals surface area contributed by atoms with Crippen LogP contribution in [0.15, 0.2) is 42.5 Å². The normalized spacial score (nSPS) is 10.1. The number of carboxylic acid groups (broad SMARTS) is 1. The number of amides is 1. The number of phenolic OH excluding ortho intramolecular Hbond substituents is 1. The standard InChI is InChI=1S/C15H14N2O4/c1-2-17(10-5-3-6-11(18)9-10)14(19)12-7-4-8-13(16-12)15(20)21/h3-9,18H,2H2,1H3,(H,20,21). The molecule has 2 aromatic rings. The number of anilines is 1. The van der Waals surface area contributed by atoms with E-state index < -0.39 is 11.9 Å². The third-order valence-corrected chi connectivity index (χ3v) is 2.89. The molecule has 1 amide bonds. The van der Waals surface area contributed by atoms with Crippen LogP contribution in [-0.4, -0.2) is 33.6 Å². The summed E-state index contributed by atoms with van der Waals surface area (Å²) in [4.78, 5) is 28.6. The monoisotopic (exact) mass is 286 g/mol. The van der Waals surface area contributed by atoms with Gasteiger partial charge in [0.1, 0.15) is 17.1 Å². The van der Waals surface area contributed by atoms with Crippen molar-refractivity contribution in [1.82, 2.24) is 4.98 Å². The van der Waals surface area contributed by atoms with E-state index in [1.165, 1.54) is 35.2 Å². The molecule has 0 bridgehead atoms. The summed E-state index contributed by atoms with van der Waals surface area (Å²) in [5.41, 5.74) is 0.373. The van der Waals surface area contributed by atoms with Crippen LogP contribution in [0.25, 0.3) is 0 Å². The zero-order chi connectivity index (χ0) is 15.4. The second-order valence-corrected chi connectivity index (χ2v) is 4.28. The number of aromatic hydroxyl groups is 1. The van der Waals surface area contributed by atoms with Gasteiger partial charge < -0.3 is 15.1 Å². The van der Waals surface area contributed by atoms with Gasteiger partial charge in [0.05, 0.1) is 0 Å². The Morgan fingerprint density at radius 3 is 2.43 bits per heavy atom. The molecular formula is C15H14N2O4. The lowest BCUT2D eigenvalue weighted by Crippen LogP contribution is -2.31. The minimum atomic E-state index is -1.19. The maximum absolute atomic E-state index is 12.5. The molecule has 1 aromatic heterocycles. The molecule has 1 heterocycles. The molecule has 0 radical (unpaired) electrons. The van der Waals surface area contributed by atoms with E-state index in [9.17, 15) is 14.7 Å². The van der Waals surface area contributed by atoms with E-state index in [1.807, 2.05) is 0 Å². The predicted octanol–water partition coefficient (Wildman–Crippen LogP) is 2.15. The fourth-order valence-electron chi connectivity index (χ4n) is 1.92. The molecule has 0 spiro atoms. The topological polar surface area (TPSA) is 90.7 Å². The Kier molecular flexibility index (Phi) is 4.18. The first-order valence-electron chi connectivity index (χ1n) is 6.34. The number of phenols is 1. The van der Waals surface area contributed by atoms with Crippen molar-refractivity contribution in [3.05, 3.63) is 53.9 Å². The van der Waals surface area contributed by atoms with Crippen molar-refractivity contribution in [2.24, 2.45) is 0 Å². The lowest BCUT2D eigenvalue weighted by Gasteiger charge is -2.20. The number of hydrogen-bond acceptors (Lipinski definition) is 4. The number of carbonyl (C=O) groups excluding carboxylic acids is 1. The highest BCUT2D eigenvalue weighted by Gasteiger charge is 2.19. The van der Waals surface area contributed by atoms with E-state index in [1.54, 1.807) is 19.1 Å². The average Bonchev–Trinajstić information content (AvgIpc) is 2.48. The van der Waals surface area contributed by atoms with Crippen LogP contribution in [0.2, 0.25) is 0 Å². The minimum Gasteiger partial charge on any atom is -0.508 e. The molecule has 21 heavy (non-hydrogen) atoms. The molecular weight excluding hydrogens is 272 g/mol. The summed E-state index contributed by atoms with van der Waals surface area (Å²) in [5.74, 6) is -1.57. The van der Waals surface area contributed by atoms with Crippen molar-refractivity contribution in [1.29, 1.82) is 0 Å². The zero-order valence-corrected chi connectivity index (χ0v) is 11.4. The molecule has 6 heteroatoms. The van der Waals surface area contributed by atoms with Crippen molar-refractivity contribution >= 4 is 17.6 Å². The maximum atomic E-state index is 12.5. The van der Waals surface area contributed by atoms with Crippen LogP contribution >= 0.6 is 0 Å². The minimum absolute atomic E-state index is 0.0418. The Bertz CT molecular complexity index is 685. The molecule has 1 aromatic carbocycles. The van der Waals surface area contributed by atoms with Crippen molar-refractivity contribution in [2.75, 3.05) is 11.4 Å². The van der Waals surface area contributed by atoms with E-state index in [2.05, 4.69) is 4.98 Å². The fourth-order valence-corrected chi connectivity index (χ4v) is 1.92. The van der Waals surface area contributed by atoms with Crippen LogP contribution in [0.3, 0.4) is 0 Å². The van der Waals surface area contributed by atoms with Crippen LogP contribution in [0, 0.1) is 0 Å². The number of rotatable bonds is 4. The fraction of sp³-hybridized carbons (Fsp3) is 0.133. The molecule has 0 aliphatic rings. The van der Waals surface area contributed by atoms with E-state index >= 15 is 0 Å². The van der Waals surface area contributed by atoms with Crippen molar-refractivity contribution < 1.29 is 19.8 Å². The van der Waals surface area contributed by atoms with E-state index in [4.69, 9.17) is 5.11 Å². The highest BCUT2D eigenvalue weighted by molar-refractivity contribution is 6.05. The first-order chi connectivity index (χ1) is 10.0. The highest BCUT2D eigenvalue weighted by atomic mass is 16.4. The van der Waals surface area contributed by atoms with Gasteiger partial charge in [-0.25, -0.2) is 9.78 Å². The molecule has 6 nitrogen and oxygen atoms in total. The molecule has 0 saturated heterocycles. The third kappa shape index (κ3) is 3.17. The molecule has 0 unspecified atom stereocenters. The Hall–Kier alpha value is -2.89. The molecule has 0 saturated carbocycles. The molecule has 2 rings (SSSR count). The van der Waals surface area contributed by atoms with E-state index in [0.29, 0.717) is 12.2 Å². The average molecular weight is 286 g/mol. The van der Waals surface area contributed by atoms with E-state index in [0.717, 1.165) is 0 Å². The maximum Gasteiger partial charge on any atom is 0.354 e. The Balaban J connectivity index is 2.36. The summed E-state index contributed by atoms with van der Waals surface area (Å²) < 4.78 is 0. The van der Waals surface area contributed by atoms with Crippen molar-refractivity contribution in [2.45, 2.75) is 6.92 Å². The summed E-state index contributed by atoms with van der Waals surface area (Å²) in [6.45, 7) is 2.14. The molecule has 0 atom stereocenters. The van der Waals surface area contributed by atoms with Crippen LogP contribution in [0.5, 0.6) is 5.75 Å². The van der Waals surface area contributed by atoms with E-state index in [-0.39, 0.29) is 17.1 Å². The molecule has 108 valence electrons. The first-order valence-corrected chi connectivity index (χ1v) is 6.34. The lowest BCUT2D eigenvalue weighted by molar-refractivity contribution is 0.0690. The Morgan fingerprint density at radius 1 is 1.14 bits per heavy atom. The van der Waals surface area contributed by atoms with Crippen LogP contribution < -0.4 is 4.90 Å². The van der Waals surface area contributed by atoms with Gasteiger partial charge in [-0.15, -0.1) is 0 Å². The van der Waals surface area contributed by atoms with Crippen LogP contribution in [0.1, 0.15) is 27.9 Å². The number of carbonyl (C=O) groups is 2. The highest BCUT2D eigenvalue weighted by Crippen LogP contribution is 2.21. The van der Waals surface area contributed by atoms with Gasteiger partial charge in [-0.1, -0.05) is 12.1 Å². The second-order valence-electron chi connectivity index (χ2n) is 4.28. The summed E-state index contributed by atoms with van der Waals surface area (Å²) in [7, 11) is 0. The number of pyridine rings is 1. The first kappa shape index (κ1) is 14.5. The van der Waals surface area contributed by atoms with Gasteiger partial charge in [0.15, 0.2) is 0 Å². The van der Waals surface area contributed by atoms with Crippen LogP contribution in [0.4, 0.5) is 5.69 Å². The van der Waals surface area contributed by atoms with Gasteiger partial charge in [0.25, 0.3) is 5.91 Å². The SMILES string of the molecule is CCN(C(=O)c1cccc(C(=O)O)n1)c1cccc(O)c1. The van der Waals surface area contributed by atoms with Gasteiger partial charge in [-0.3, -0.25) is 4.79 Å². The number of aromatic carboxylic acids is 1. The van der Waals surface area contributed by atoms with Gasteiger partial charge >= 0.3 is 5.97 Å². The largest absolute Gasteiger partial charge is 0.508 e. The summed E-state index contributed by atoms with van der Waals surface area (Å²) in [6, 6.07) is 10.5. The summed E-state index contributed by atoms with van der Waals surface area (Å²) in [6.07, 6.45) is 0. The summed E-state index contributed by atoms with van der Waals surface area (Å²) in [5, 5.41) is 18.4. The van der Waals surface area contributed by atoms with Crippen molar-refractivity contribution in [3.8, 4) is 5.75 Å². The number of aromatic nitrogens is 1. The number of carboxylic acids is 1. The summed E-state index contributed by atoms with van der Waals surface area (Å²) >= 11 is 0. The number of nitrogens with zero attached hydrogens (tertiary/aromatic N) is 2. The number of hydrogen-bond donors (Lipinski definition) is 2. The zero-order valence-electron chi connectivity index (χ0n) is 11.4. The van der Waals surface area contributed by atoms with Gasteiger partial charge in [-0.05, 0) is 31.2 Å². The molecule has 0 aliphatic carbocycles. The van der Waals surface area contributed by atoms with Crippen molar-refractivity contribution in [3.63, 3.8) is 0 Å². The Labute approximate surface area is 121 Å². The van der Waals surface area contributed by atoms with Gasteiger partial charge in [-0.2, -0.15) is 0 Å². The smallest absolute Gasteiger partial charge is 0.354 e. The second kappa shape index (κ2) is 6.04. The van der Waals surface area contributed by atoms with Gasteiger partial charge in [0, 0.05) is 18.3 Å². The van der Waals surface area contributed by atoms with Gasteiger partial charge in [0.2, 0.25) is 0 Å². The predicted molar refractivity (Wildman–Crippen MR) is 76.7 cm³/mol. The Morgan fingerprint density at radius 2 is 1.81 bits per heavy atom. The molecule has 2 N–H and O–H groups in total. The molecule has 0 aliphatic heterocycles. The lowest BCUT2D eigenvalue weighted by atomic mass is 10.2. The molecule has 0 fully saturated rings. The van der Waals surface area contributed by atoms with Crippen LogP contribution in [-0.2, 0) is 0 Å². The quantitative estimate of drug-likeness (QED) is 0.898.